The van der Waals surface area contributed by atoms with E-state index in [1.54, 1.807) is 19.9 Å². The average molecular weight is 279 g/mol. The Bertz CT molecular complexity index is 566. The number of benzene rings is 1. The number of amides is 2. The van der Waals surface area contributed by atoms with E-state index in [1.807, 2.05) is 0 Å². The second-order valence-electron chi connectivity index (χ2n) is 4.43. The molecule has 1 aromatic carbocycles. The van der Waals surface area contributed by atoms with E-state index in [1.165, 1.54) is 12.1 Å². The quantitative estimate of drug-likeness (QED) is 0.783. The van der Waals surface area contributed by atoms with Crippen LogP contribution in [0.4, 0.5) is 14.9 Å². The van der Waals surface area contributed by atoms with Gasteiger partial charge >= 0.3 is 12.0 Å². The first kappa shape index (κ1) is 15.4. The fraction of sp³-hybridized carbons (Fsp3) is 0.308. The monoisotopic (exact) mass is 279 g/mol. The number of halogens is 1. The number of aliphatic carboxylic acids is 1. The fourth-order valence-electron chi connectivity index (χ4n) is 1.56. The fourth-order valence-corrected chi connectivity index (χ4v) is 1.56. The number of nitrogens with one attached hydrogen (secondary N) is 2. The maximum Gasteiger partial charge on any atom is 0.326 e. The summed E-state index contributed by atoms with van der Waals surface area (Å²) in [7, 11) is 0. The van der Waals surface area contributed by atoms with E-state index in [2.05, 4.69) is 10.6 Å². The van der Waals surface area contributed by atoms with Crippen LogP contribution in [-0.4, -0.2) is 23.1 Å². The molecule has 0 aliphatic heterocycles. The second kappa shape index (κ2) is 6.52. The molecule has 0 aromatic heterocycles. The number of anilines is 1. The van der Waals surface area contributed by atoms with E-state index in [0.717, 1.165) is 6.07 Å². The Morgan fingerprint density at radius 2 is 2.05 bits per heavy atom. The number of carbonyl (C=O) groups is 2. The third-order valence-electron chi connectivity index (χ3n) is 2.59. The van der Waals surface area contributed by atoms with Crippen LogP contribution in [0.3, 0.4) is 0 Å². The number of urea groups is 1. The Balaban J connectivity index is 2.85. The van der Waals surface area contributed by atoms with Gasteiger partial charge in [0.15, 0.2) is 0 Å². The summed E-state index contributed by atoms with van der Waals surface area (Å²) in [6.07, 6.45) is 0. The predicted molar refractivity (Wildman–Crippen MR) is 69.5 cm³/mol. The largest absolute Gasteiger partial charge is 0.480 e. The maximum absolute atomic E-state index is 13.3. The lowest BCUT2D eigenvalue weighted by Crippen LogP contribution is -2.46. The van der Waals surface area contributed by atoms with Crippen LogP contribution in [-0.2, 0) is 4.79 Å². The van der Waals surface area contributed by atoms with Crippen molar-refractivity contribution in [3.63, 3.8) is 0 Å². The normalized spacial score (nSPS) is 11.6. The molecule has 0 aliphatic rings. The molecular weight excluding hydrogens is 265 g/mol. The second-order valence-corrected chi connectivity index (χ2v) is 4.43. The highest BCUT2D eigenvalue weighted by Crippen LogP contribution is 2.17. The van der Waals surface area contributed by atoms with Crippen LogP contribution < -0.4 is 10.6 Å². The van der Waals surface area contributed by atoms with Crippen molar-refractivity contribution < 1.29 is 19.1 Å². The van der Waals surface area contributed by atoms with Gasteiger partial charge in [-0.15, -0.1) is 0 Å². The summed E-state index contributed by atoms with van der Waals surface area (Å²) in [5.41, 5.74) is -0.322. The number of nitrogens with zero attached hydrogens (tertiary/aromatic N) is 1. The lowest BCUT2D eigenvalue weighted by molar-refractivity contribution is -0.140. The van der Waals surface area contributed by atoms with Gasteiger partial charge in [0, 0.05) is 0 Å². The number of nitriles is 1. The number of carboxylic acid groups (broad SMARTS) is 1. The summed E-state index contributed by atoms with van der Waals surface area (Å²) in [4.78, 5) is 22.6. The van der Waals surface area contributed by atoms with Crippen molar-refractivity contribution >= 4 is 17.7 Å². The van der Waals surface area contributed by atoms with Gasteiger partial charge in [0.1, 0.15) is 23.5 Å². The molecular formula is C13H14FN3O3. The van der Waals surface area contributed by atoms with Gasteiger partial charge in [-0.1, -0.05) is 19.9 Å². The Labute approximate surface area is 115 Å². The Morgan fingerprint density at radius 3 is 2.55 bits per heavy atom. The van der Waals surface area contributed by atoms with Gasteiger partial charge in [0.25, 0.3) is 0 Å². The van der Waals surface area contributed by atoms with Crippen molar-refractivity contribution in [2.75, 3.05) is 5.32 Å². The minimum Gasteiger partial charge on any atom is -0.480 e. The number of rotatable bonds is 4. The summed E-state index contributed by atoms with van der Waals surface area (Å²) in [6, 6.07) is 3.53. The number of carboxylic acids is 1. The van der Waals surface area contributed by atoms with Gasteiger partial charge in [-0.25, -0.2) is 14.0 Å². The molecule has 0 spiro atoms. The molecule has 0 aliphatic carbocycles. The van der Waals surface area contributed by atoms with Crippen LogP contribution in [0.15, 0.2) is 18.2 Å². The van der Waals surface area contributed by atoms with Crippen LogP contribution in [0.25, 0.3) is 0 Å². The van der Waals surface area contributed by atoms with Crippen LogP contribution in [0.2, 0.25) is 0 Å². The Morgan fingerprint density at radius 1 is 1.40 bits per heavy atom. The first-order chi connectivity index (χ1) is 9.36. The highest BCUT2D eigenvalue weighted by Gasteiger charge is 2.23. The van der Waals surface area contributed by atoms with E-state index in [9.17, 15) is 14.0 Å². The molecule has 0 unspecified atom stereocenters. The minimum absolute atomic E-state index is 0.0158. The highest BCUT2D eigenvalue weighted by atomic mass is 19.1. The molecule has 20 heavy (non-hydrogen) atoms. The molecule has 0 heterocycles. The first-order valence-corrected chi connectivity index (χ1v) is 5.85. The van der Waals surface area contributed by atoms with Crippen molar-refractivity contribution in [2.24, 2.45) is 5.92 Å². The van der Waals surface area contributed by atoms with Crippen LogP contribution in [0.5, 0.6) is 0 Å². The average Bonchev–Trinajstić information content (AvgIpc) is 2.35. The zero-order valence-corrected chi connectivity index (χ0v) is 11.0. The van der Waals surface area contributed by atoms with Crippen molar-refractivity contribution in [3.05, 3.63) is 29.6 Å². The summed E-state index contributed by atoms with van der Waals surface area (Å²) in [5.74, 6) is -2.25. The van der Waals surface area contributed by atoms with E-state index in [0.29, 0.717) is 0 Å². The van der Waals surface area contributed by atoms with Gasteiger partial charge in [-0.2, -0.15) is 5.26 Å². The number of carbonyl (C=O) groups excluding carboxylic acids is 1. The van der Waals surface area contributed by atoms with E-state index in [-0.39, 0.29) is 17.2 Å². The van der Waals surface area contributed by atoms with Gasteiger partial charge in [0.05, 0.1) is 5.69 Å². The van der Waals surface area contributed by atoms with Gasteiger partial charge in [0.2, 0.25) is 0 Å². The van der Waals surface area contributed by atoms with Crippen molar-refractivity contribution in [1.29, 1.82) is 5.26 Å². The highest BCUT2D eigenvalue weighted by molar-refractivity contribution is 5.93. The first-order valence-electron chi connectivity index (χ1n) is 5.85. The molecule has 1 aromatic rings. The molecule has 0 radical (unpaired) electrons. The SMILES string of the molecule is CC(C)[C@@H](NC(=O)Nc1cccc(F)c1C#N)C(=O)O. The van der Waals surface area contributed by atoms with Gasteiger partial charge in [-0.3, -0.25) is 0 Å². The van der Waals surface area contributed by atoms with Gasteiger partial charge < -0.3 is 15.7 Å². The lowest BCUT2D eigenvalue weighted by Gasteiger charge is -2.18. The molecule has 7 heteroatoms. The molecule has 0 bridgehead atoms. The predicted octanol–water partition coefficient (Wildman–Crippen LogP) is 1.93. The van der Waals surface area contributed by atoms with Gasteiger partial charge in [-0.05, 0) is 18.1 Å². The molecule has 6 nitrogen and oxygen atoms in total. The summed E-state index contributed by atoms with van der Waals surface area (Å²) >= 11 is 0. The smallest absolute Gasteiger partial charge is 0.326 e. The Hall–Kier alpha value is -2.62. The number of hydrogen-bond donors (Lipinski definition) is 3. The topological polar surface area (TPSA) is 102 Å². The van der Waals surface area contributed by atoms with E-state index >= 15 is 0 Å². The zero-order valence-electron chi connectivity index (χ0n) is 11.0. The summed E-state index contributed by atoms with van der Waals surface area (Å²) in [5, 5.41) is 22.3. The van der Waals surface area contributed by atoms with Crippen LogP contribution in [0, 0.1) is 23.1 Å². The van der Waals surface area contributed by atoms with Crippen molar-refractivity contribution in [3.8, 4) is 6.07 Å². The Kier molecular flexibility index (Phi) is 5.03. The number of hydrogen-bond acceptors (Lipinski definition) is 3. The van der Waals surface area contributed by atoms with Crippen molar-refractivity contribution in [1.82, 2.24) is 5.32 Å². The van der Waals surface area contributed by atoms with Crippen LogP contribution in [0.1, 0.15) is 19.4 Å². The van der Waals surface area contributed by atoms with Crippen LogP contribution >= 0.6 is 0 Å². The third kappa shape index (κ3) is 3.68. The maximum atomic E-state index is 13.3. The molecule has 3 N–H and O–H groups in total. The minimum atomic E-state index is -1.17. The summed E-state index contributed by atoms with van der Waals surface area (Å²) < 4.78 is 13.3. The standard InChI is InChI=1S/C13H14FN3O3/c1-7(2)11(12(18)19)17-13(20)16-10-5-3-4-9(14)8(10)6-15/h3-5,7,11H,1-2H3,(H,18,19)(H2,16,17,20)/t11-/m1/s1. The molecule has 1 atom stereocenters. The molecule has 2 amide bonds. The lowest BCUT2D eigenvalue weighted by atomic mass is 10.1. The molecule has 0 fully saturated rings. The summed E-state index contributed by atoms with van der Waals surface area (Å²) in [6.45, 7) is 3.28. The molecule has 1 rings (SSSR count). The molecule has 106 valence electrons. The van der Waals surface area contributed by atoms with E-state index < -0.39 is 23.9 Å². The zero-order chi connectivity index (χ0) is 15.3. The molecule has 0 saturated carbocycles. The van der Waals surface area contributed by atoms with E-state index in [4.69, 9.17) is 10.4 Å². The molecule has 0 saturated heterocycles. The third-order valence-corrected chi connectivity index (χ3v) is 2.59. The van der Waals surface area contributed by atoms with Crippen molar-refractivity contribution in [2.45, 2.75) is 19.9 Å².